The number of thiazole rings is 1. The number of nitrogens with zero attached hydrogens (tertiary/aromatic N) is 4. The van der Waals surface area contributed by atoms with Crippen LogP contribution in [0.25, 0.3) is 11.3 Å². The average molecular weight is 448 g/mol. The third-order valence-corrected chi connectivity index (χ3v) is 5.92. The number of aromatic nitrogens is 3. The predicted octanol–water partition coefficient (Wildman–Crippen LogP) is 4.06. The van der Waals surface area contributed by atoms with Crippen molar-refractivity contribution in [1.29, 1.82) is 0 Å². The fourth-order valence-electron chi connectivity index (χ4n) is 3.36. The summed E-state index contributed by atoms with van der Waals surface area (Å²) in [7, 11) is 0. The highest BCUT2D eigenvalue weighted by Gasteiger charge is 2.32. The Morgan fingerprint density at radius 1 is 1.19 bits per heavy atom. The maximum Gasteiger partial charge on any atom is 0.433 e. The minimum atomic E-state index is -4.54. The maximum absolute atomic E-state index is 12.9. The molecule has 0 spiro atoms. The van der Waals surface area contributed by atoms with Crippen LogP contribution in [0.15, 0.2) is 41.9 Å². The molecule has 0 saturated carbocycles. The van der Waals surface area contributed by atoms with Crippen molar-refractivity contribution < 1.29 is 18.0 Å². The molecule has 1 saturated heterocycles. The van der Waals surface area contributed by atoms with Crippen LogP contribution in [-0.2, 0) is 11.0 Å². The van der Waals surface area contributed by atoms with E-state index in [1.165, 1.54) is 11.3 Å². The second kappa shape index (κ2) is 8.50. The number of benzene rings is 1. The monoisotopic (exact) mass is 448 g/mol. The highest BCUT2D eigenvalue weighted by molar-refractivity contribution is 7.14. The Bertz CT molecular complexity index is 1080. The first-order valence-corrected chi connectivity index (χ1v) is 10.4. The summed E-state index contributed by atoms with van der Waals surface area (Å²) >= 11 is 1.50. The van der Waals surface area contributed by atoms with E-state index >= 15 is 0 Å². The Kier molecular flexibility index (Phi) is 5.77. The van der Waals surface area contributed by atoms with E-state index in [2.05, 4.69) is 25.2 Å². The van der Waals surface area contributed by atoms with Gasteiger partial charge in [-0.1, -0.05) is 12.1 Å². The fourth-order valence-corrected chi connectivity index (χ4v) is 4.25. The van der Waals surface area contributed by atoms with Crippen molar-refractivity contribution in [3.8, 4) is 11.3 Å². The van der Waals surface area contributed by atoms with Gasteiger partial charge in [-0.3, -0.25) is 4.79 Å². The molecule has 1 aliphatic rings. The Hall–Kier alpha value is -3.21. The standard InChI is InChI=1S/C20H19F3N6OS/c21-20(22,23)16-4-7-25-18(28-16)26-14-3-1-2-13(10-14)15-11-31-19(27-15)29-8-5-12(6-9-29)17(24)30/h1-4,7,10-12H,5-6,8-9H2,(H2,24,30)(H,25,26,28). The molecule has 4 rings (SSSR count). The highest BCUT2D eigenvalue weighted by atomic mass is 32.1. The minimum absolute atomic E-state index is 0.0866. The third-order valence-electron chi connectivity index (χ3n) is 5.02. The number of primary amides is 1. The Labute approximate surface area is 180 Å². The number of alkyl halides is 3. The van der Waals surface area contributed by atoms with Gasteiger partial charge in [-0.2, -0.15) is 13.2 Å². The van der Waals surface area contributed by atoms with Gasteiger partial charge >= 0.3 is 6.18 Å². The van der Waals surface area contributed by atoms with Crippen molar-refractivity contribution in [1.82, 2.24) is 15.0 Å². The molecule has 0 radical (unpaired) electrons. The van der Waals surface area contributed by atoms with Gasteiger partial charge in [0.1, 0.15) is 5.69 Å². The van der Waals surface area contributed by atoms with Crippen molar-refractivity contribution in [3.05, 3.63) is 47.6 Å². The smallest absolute Gasteiger partial charge is 0.369 e. The predicted molar refractivity (Wildman–Crippen MR) is 112 cm³/mol. The van der Waals surface area contributed by atoms with Gasteiger partial charge in [0.2, 0.25) is 11.9 Å². The van der Waals surface area contributed by atoms with E-state index in [9.17, 15) is 18.0 Å². The molecule has 0 aliphatic carbocycles. The number of carbonyl (C=O) groups excluding carboxylic acids is 1. The number of rotatable bonds is 5. The van der Waals surface area contributed by atoms with Crippen molar-refractivity contribution >= 4 is 34.0 Å². The zero-order valence-corrected chi connectivity index (χ0v) is 17.1. The number of anilines is 3. The number of piperidine rings is 1. The lowest BCUT2D eigenvalue weighted by atomic mass is 9.97. The number of amides is 1. The third kappa shape index (κ3) is 4.93. The van der Waals surface area contributed by atoms with Gasteiger partial charge in [0.05, 0.1) is 5.69 Å². The van der Waals surface area contributed by atoms with Crippen LogP contribution in [0.4, 0.5) is 29.9 Å². The zero-order valence-electron chi connectivity index (χ0n) is 16.3. The van der Waals surface area contributed by atoms with E-state index < -0.39 is 11.9 Å². The Morgan fingerprint density at radius 3 is 2.68 bits per heavy atom. The molecular weight excluding hydrogens is 429 g/mol. The first kappa shape index (κ1) is 21.0. The van der Waals surface area contributed by atoms with Crippen LogP contribution in [0.3, 0.4) is 0 Å². The summed E-state index contributed by atoms with van der Waals surface area (Å²) in [6, 6.07) is 7.97. The summed E-state index contributed by atoms with van der Waals surface area (Å²) in [4.78, 5) is 25.5. The van der Waals surface area contributed by atoms with E-state index in [4.69, 9.17) is 5.73 Å². The van der Waals surface area contributed by atoms with Gasteiger partial charge in [0.15, 0.2) is 5.13 Å². The molecule has 11 heteroatoms. The second-order valence-corrected chi connectivity index (χ2v) is 7.98. The molecule has 162 valence electrons. The lowest BCUT2D eigenvalue weighted by Crippen LogP contribution is -2.38. The van der Waals surface area contributed by atoms with Crippen LogP contribution < -0.4 is 16.0 Å². The molecule has 0 atom stereocenters. The van der Waals surface area contributed by atoms with Crippen LogP contribution in [-0.4, -0.2) is 33.9 Å². The van der Waals surface area contributed by atoms with Crippen molar-refractivity contribution in [3.63, 3.8) is 0 Å². The summed E-state index contributed by atoms with van der Waals surface area (Å²) in [6.07, 6.45) is -2.05. The van der Waals surface area contributed by atoms with Crippen LogP contribution in [0.5, 0.6) is 0 Å². The van der Waals surface area contributed by atoms with Crippen LogP contribution in [0.1, 0.15) is 18.5 Å². The first-order valence-electron chi connectivity index (χ1n) is 9.57. The zero-order chi connectivity index (χ0) is 22.0. The van der Waals surface area contributed by atoms with E-state index in [-0.39, 0.29) is 17.8 Å². The molecule has 3 heterocycles. The van der Waals surface area contributed by atoms with E-state index in [0.717, 1.165) is 41.7 Å². The lowest BCUT2D eigenvalue weighted by molar-refractivity contribution is -0.141. The summed E-state index contributed by atoms with van der Waals surface area (Å²) in [5, 5.41) is 5.60. The van der Waals surface area contributed by atoms with E-state index in [0.29, 0.717) is 18.5 Å². The average Bonchev–Trinajstić information content (AvgIpc) is 3.24. The SMILES string of the molecule is NC(=O)C1CCN(c2nc(-c3cccc(Nc4nccc(C(F)(F)F)n4)c3)cs2)CC1. The number of nitrogens with one attached hydrogen (secondary N) is 1. The van der Waals surface area contributed by atoms with Gasteiger partial charge in [-0.25, -0.2) is 15.0 Å². The van der Waals surface area contributed by atoms with Crippen molar-refractivity contribution in [2.24, 2.45) is 11.7 Å². The minimum Gasteiger partial charge on any atom is -0.369 e. The topological polar surface area (TPSA) is 97.0 Å². The molecule has 1 aliphatic heterocycles. The van der Waals surface area contributed by atoms with Gasteiger partial charge in [0.25, 0.3) is 0 Å². The maximum atomic E-state index is 12.9. The summed E-state index contributed by atoms with van der Waals surface area (Å²) in [5.74, 6) is -0.478. The fraction of sp³-hybridized carbons (Fsp3) is 0.300. The van der Waals surface area contributed by atoms with E-state index in [1.54, 1.807) is 18.2 Å². The molecule has 1 amide bonds. The van der Waals surface area contributed by atoms with Crippen molar-refractivity contribution in [2.75, 3.05) is 23.3 Å². The summed E-state index contributed by atoms with van der Waals surface area (Å²) in [5.41, 5.74) is 6.50. The van der Waals surface area contributed by atoms with Gasteiger partial charge in [-0.15, -0.1) is 11.3 Å². The largest absolute Gasteiger partial charge is 0.433 e. The molecule has 31 heavy (non-hydrogen) atoms. The van der Waals surface area contributed by atoms with E-state index in [1.807, 2.05) is 11.4 Å². The second-order valence-electron chi connectivity index (χ2n) is 7.15. The Morgan fingerprint density at radius 2 is 1.97 bits per heavy atom. The molecule has 3 aromatic rings. The number of hydrogen-bond acceptors (Lipinski definition) is 7. The number of nitrogens with two attached hydrogens (primary N) is 1. The molecule has 0 unspecified atom stereocenters. The molecule has 1 aromatic carbocycles. The Balaban J connectivity index is 1.48. The van der Waals surface area contributed by atoms with Gasteiger partial charge < -0.3 is 16.0 Å². The molecule has 1 fully saturated rings. The summed E-state index contributed by atoms with van der Waals surface area (Å²) < 4.78 is 38.6. The lowest BCUT2D eigenvalue weighted by Gasteiger charge is -2.30. The van der Waals surface area contributed by atoms with Gasteiger partial charge in [-0.05, 0) is 31.0 Å². The number of halogens is 3. The number of hydrogen-bond donors (Lipinski definition) is 2. The molecule has 2 aromatic heterocycles. The first-order chi connectivity index (χ1) is 14.8. The quantitative estimate of drug-likeness (QED) is 0.611. The normalized spacial score (nSPS) is 15.1. The highest BCUT2D eigenvalue weighted by Crippen LogP contribution is 2.32. The summed E-state index contributed by atoms with van der Waals surface area (Å²) in [6.45, 7) is 1.43. The van der Waals surface area contributed by atoms with Crippen LogP contribution >= 0.6 is 11.3 Å². The molecule has 3 N–H and O–H groups in total. The van der Waals surface area contributed by atoms with Gasteiger partial charge in [0, 0.05) is 41.8 Å². The molecular formula is C20H19F3N6OS. The molecule has 0 bridgehead atoms. The van der Waals surface area contributed by atoms with Crippen molar-refractivity contribution in [2.45, 2.75) is 19.0 Å². The number of carbonyl (C=O) groups is 1. The van der Waals surface area contributed by atoms with Crippen LogP contribution in [0.2, 0.25) is 0 Å². The molecule has 7 nitrogen and oxygen atoms in total. The van der Waals surface area contributed by atoms with Crippen LogP contribution in [0, 0.1) is 5.92 Å².